The second-order valence-electron chi connectivity index (χ2n) is 4.95. The summed E-state index contributed by atoms with van der Waals surface area (Å²) in [6, 6.07) is 4.51. The highest BCUT2D eigenvalue weighted by atomic mass is 16.3. The van der Waals surface area contributed by atoms with E-state index in [9.17, 15) is 5.11 Å². The first kappa shape index (κ1) is 10.2. The van der Waals surface area contributed by atoms with Crippen LogP contribution in [0.1, 0.15) is 36.6 Å². The van der Waals surface area contributed by atoms with Gasteiger partial charge in [0, 0.05) is 12.7 Å². The van der Waals surface area contributed by atoms with Gasteiger partial charge in [0.1, 0.15) is 0 Å². The Morgan fingerprint density at radius 2 is 2.31 bits per heavy atom. The number of fused-ring (bicyclic) bond motifs is 1. The smallest absolute Gasteiger partial charge is 0.0692 e. The molecule has 3 heteroatoms. The lowest BCUT2D eigenvalue weighted by Gasteiger charge is -2.16. The molecule has 0 radical (unpaired) electrons. The summed E-state index contributed by atoms with van der Waals surface area (Å²) in [7, 11) is 0. The molecule has 2 unspecified atom stereocenters. The van der Waals surface area contributed by atoms with Crippen molar-refractivity contribution in [2.45, 2.75) is 37.8 Å². The van der Waals surface area contributed by atoms with Gasteiger partial charge in [-0.1, -0.05) is 6.07 Å². The number of pyridine rings is 1. The summed E-state index contributed by atoms with van der Waals surface area (Å²) in [5.41, 5.74) is 2.55. The van der Waals surface area contributed by atoms with Crippen LogP contribution in [0.5, 0.6) is 0 Å². The number of nitrogens with one attached hydrogen (secondary N) is 1. The fraction of sp³-hybridized carbons (Fsp3) is 0.615. The average molecular weight is 218 g/mol. The third kappa shape index (κ3) is 1.97. The van der Waals surface area contributed by atoms with E-state index in [1.165, 1.54) is 24.1 Å². The van der Waals surface area contributed by atoms with Crippen LogP contribution in [0.25, 0.3) is 0 Å². The lowest BCUT2D eigenvalue weighted by Crippen LogP contribution is -2.30. The zero-order valence-electron chi connectivity index (χ0n) is 9.39. The van der Waals surface area contributed by atoms with Crippen molar-refractivity contribution in [1.82, 2.24) is 10.3 Å². The minimum absolute atomic E-state index is 0.159. The van der Waals surface area contributed by atoms with E-state index in [0.29, 0.717) is 18.5 Å². The van der Waals surface area contributed by atoms with Gasteiger partial charge in [0.2, 0.25) is 0 Å². The summed E-state index contributed by atoms with van der Waals surface area (Å²) < 4.78 is 0. The maximum atomic E-state index is 9.81. The summed E-state index contributed by atoms with van der Waals surface area (Å²) in [5, 5.41) is 13.3. The van der Waals surface area contributed by atoms with Gasteiger partial charge in [0.25, 0.3) is 0 Å². The largest absolute Gasteiger partial charge is 0.392 e. The second kappa shape index (κ2) is 4.15. The van der Waals surface area contributed by atoms with Gasteiger partial charge in [0.15, 0.2) is 0 Å². The molecular formula is C13H18N2O. The Kier molecular flexibility index (Phi) is 2.65. The molecule has 0 aromatic carbocycles. The molecule has 2 aliphatic rings. The van der Waals surface area contributed by atoms with E-state index in [4.69, 9.17) is 0 Å². The molecule has 3 nitrogen and oxygen atoms in total. The van der Waals surface area contributed by atoms with E-state index in [-0.39, 0.29) is 6.10 Å². The molecule has 0 amide bonds. The maximum Gasteiger partial charge on any atom is 0.0692 e. The van der Waals surface area contributed by atoms with Crippen LogP contribution >= 0.6 is 0 Å². The van der Waals surface area contributed by atoms with Gasteiger partial charge >= 0.3 is 0 Å². The van der Waals surface area contributed by atoms with E-state index < -0.39 is 0 Å². The van der Waals surface area contributed by atoms with Gasteiger partial charge in [-0.15, -0.1) is 0 Å². The highest BCUT2D eigenvalue weighted by Crippen LogP contribution is 2.33. The topological polar surface area (TPSA) is 45.1 Å². The van der Waals surface area contributed by atoms with Gasteiger partial charge < -0.3 is 10.4 Å². The molecule has 16 heavy (non-hydrogen) atoms. The highest BCUT2D eigenvalue weighted by Gasteiger charge is 2.31. The van der Waals surface area contributed by atoms with Crippen molar-refractivity contribution in [2.24, 2.45) is 5.92 Å². The van der Waals surface area contributed by atoms with Crippen LogP contribution in [0.3, 0.4) is 0 Å². The predicted molar refractivity (Wildman–Crippen MR) is 62.0 cm³/mol. The molecule has 0 bridgehead atoms. The molecule has 86 valence electrons. The molecule has 2 aliphatic carbocycles. The molecule has 0 spiro atoms. The second-order valence-corrected chi connectivity index (χ2v) is 4.95. The quantitative estimate of drug-likeness (QED) is 0.803. The van der Waals surface area contributed by atoms with Crippen molar-refractivity contribution < 1.29 is 5.11 Å². The lowest BCUT2D eigenvalue weighted by molar-refractivity contribution is 0.144. The number of hydrogen-bond acceptors (Lipinski definition) is 3. The molecule has 1 aromatic rings. The number of aryl methyl sites for hydroxylation is 1. The molecule has 1 heterocycles. The normalized spacial score (nSPS) is 25.4. The Bertz CT molecular complexity index is 376. The summed E-state index contributed by atoms with van der Waals surface area (Å²) >= 11 is 0. The Morgan fingerprint density at radius 3 is 3.12 bits per heavy atom. The highest BCUT2D eigenvalue weighted by molar-refractivity contribution is 5.27. The van der Waals surface area contributed by atoms with E-state index in [0.717, 1.165) is 12.8 Å². The zero-order chi connectivity index (χ0) is 11.0. The first-order chi connectivity index (χ1) is 7.84. The van der Waals surface area contributed by atoms with E-state index in [2.05, 4.69) is 16.4 Å². The molecule has 2 N–H and O–H groups in total. The fourth-order valence-electron chi connectivity index (χ4n) is 2.52. The Labute approximate surface area is 95.9 Å². The van der Waals surface area contributed by atoms with Crippen molar-refractivity contribution in [2.75, 3.05) is 6.54 Å². The van der Waals surface area contributed by atoms with Crippen molar-refractivity contribution in [3.05, 3.63) is 29.6 Å². The molecule has 1 saturated carbocycles. The SMILES string of the molecule is OC(CNC1CCc2cccnc21)C1CC1. The van der Waals surface area contributed by atoms with Crippen molar-refractivity contribution in [3.63, 3.8) is 0 Å². The monoisotopic (exact) mass is 218 g/mol. The number of nitrogens with zero attached hydrogens (tertiary/aromatic N) is 1. The first-order valence-corrected chi connectivity index (χ1v) is 6.20. The van der Waals surface area contributed by atoms with E-state index in [1.54, 1.807) is 0 Å². The molecule has 1 fully saturated rings. The fourth-order valence-corrected chi connectivity index (χ4v) is 2.52. The summed E-state index contributed by atoms with van der Waals surface area (Å²) in [6.07, 6.45) is 6.32. The van der Waals surface area contributed by atoms with E-state index in [1.807, 2.05) is 12.3 Å². The van der Waals surface area contributed by atoms with Gasteiger partial charge in [-0.25, -0.2) is 0 Å². The maximum absolute atomic E-state index is 9.81. The first-order valence-electron chi connectivity index (χ1n) is 6.20. The van der Waals surface area contributed by atoms with Crippen LogP contribution in [-0.2, 0) is 6.42 Å². The zero-order valence-corrected chi connectivity index (χ0v) is 9.39. The third-order valence-corrected chi connectivity index (χ3v) is 3.70. The van der Waals surface area contributed by atoms with Crippen LogP contribution in [0.15, 0.2) is 18.3 Å². The molecule has 0 saturated heterocycles. The molecular weight excluding hydrogens is 200 g/mol. The summed E-state index contributed by atoms with van der Waals surface area (Å²) in [5.74, 6) is 0.553. The minimum Gasteiger partial charge on any atom is -0.392 e. The van der Waals surface area contributed by atoms with Crippen LogP contribution < -0.4 is 5.32 Å². The molecule has 3 rings (SSSR count). The van der Waals surface area contributed by atoms with Gasteiger partial charge in [0.05, 0.1) is 17.8 Å². The van der Waals surface area contributed by atoms with Gasteiger partial charge in [-0.2, -0.15) is 0 Å². The minimum atomic E-state index is -0.159. The standard InChI is InChI=1S/C13H18N2O/c16-12(9-3-4-9)8-15-11-6-5-10-2-1-7-14-13(10)11/h1-2,7,9,11-12,15-16H,3-6,8H2. The van der Waals surface area contributed by atoms with Crippen LogP contribution in [0.4, 0.5) is 0 Å². The van der Waals surface area contributed by atoms with Crippen LogP contribution in [0.2, 0.25) is 0 Å². The molecule has 2 atom stereocenters. The van der Waals surface area contributed by atoms with Gasteiger partial charge in [-0.3, -0.25) is 4.98 Å². The molecule has 0 aliphatic heterocycles. The predicted octanol–water partition coefficient (Wildman–Crippen LogP) is 1.43. The van der Waals surface area contributed by atoms with Gasteiger partial charge in [-0.05, 0) is 43.2 Å². The Morgan fingerprint density at radius 1 is 1.44 bits per heavy atom. The Hall–Kier alpha value is -0.930. The third-order valence-electron chi connectivity index (χ3n) is 3.70. The van der Waals surface area contributed by atoms with E-state index >= 15 is 0 Å². The van der Waals surface area contributed by atoms with Crippen molar-refractivity contribution in [3.8, 4) is 0 Å². The number of rotatable bonds is 4. The summed E-state index contributed by atoms with van der Waals surface area (Å²) in [4.78, 5) is 4.43. The number of hydrogen-bond donors (Lipinski definition) is 2. The number of aromatic nitrogens is 1. The lowest BCUT2D eigenvalue weighted by atomic mass is 10.2. The van der Waals surface area contributed by atoms with Crippen LogP contribution in [0, 0.1) is 5.92 Å². The number of aliphatic hydroxyl groups is 1. The summed E-state index contributed by atoms with van der Waals surface area (Å²) in [6.45, 7) is 0.714. The average Bonchev–Trinajstić information content (AvgIpc) is 3.08. The number of aliphatic hydroxyl groups excluding tert-OH is 1. The molecule has 1 aromatic heterocycles. The van der Waals surface area contributed by atoms with Crippen molar-refractivity contribution in [1.29, 1.82) is 0 Å². The van der Waals surface area contributed by atoms with Crippen molar-refractivity contribution >= 4 is 0 Å². The Balaban J connectivity index is 1.60. The van der Waals surface area contributed by atoms with Crippen LogP contribution in [-0.4, -0.2) is 22.7 Å².